The van der Waals surface area contributed by atoms with Gasteiger partial charge in [-0.2, -0.15) is 0 Å². The van der Waals surface area contributed by atoms with Gasteiger partial charge < -0.3 is 0 Å². The van der Waals surface area contributed by atoms with Crippen LogP contribution in [0.5, 0.6) is 0 Å². The lowest BCUT2D eigenvalue weighted by molar-refractivity contribution is 1.16. The van der Waals surface area contributed by atoms with Gasteiger partial charge in [-0.05, 0) is 6.42 Å². The minimum atomic E-state index is -0.793. The molecule has 0 aromatic carbocycles. The highest BCUT2D eigenvalue weighted by molar-refractivity contribution is 6.76. The lowest BCUT2D eigenvalue weighted by Gasteiger charge is -2.12. The van der Waals surface area contributed by atoms with Crippen LogP contribution in [0, 0.1) is 0 Å². The van der Waals surface area contributed by atoms with Crippen LogP contribution in [0.2, 0.25) is 25.7 Å². The van der Waals surface area contributed by atoms with Gasteiger partial charge in [0, 0.05) is 8.07 Å². The Bertz CT molecular complexity index is 117. The molecule has 0 N–H and O–H groups in total. The summed E-state index contributed by atoms with van der Waals surface area (Å²) >= 11 is 0. The lowest BCUT2D eigenvalue weighted by atomic mass is 10.4. The SMILES string of the molecule is C=C/C=C/CC[Si](C)(C)C. The summed E-state index contributed by atoms with van der Waals surface area (Å²) in [5.74, 6) is 0. The summed E-state index contributed by atoms with van der Waals surface area (Å²) in [5, 5.41) is 0. The predicted octanol–water partition coefficient (Wildman–Crippen LogP) is 3.46. The van der Waals surface area contributed by atoms with Crippen molar-refractivity contribution >= 4 is 8.07 Å². The first-order chi connectivity index (χ1) is 4.56. The lowest BCUT2D eigenvalue weighted by Crippen LogP contribution is -2.18. The van der Waals surface area contributed by atoms with Crippen LogP contribution in [-0.4, -0.2) is 8.07 Å². The van der Waals surface area contributed by atoms with Crippen molar-refractivity contribution in [1.82, 2.24) is 0 Å². The summed E-state index contributed by atoms with van der Waals surface area (Å²) in [7, 11) is -0.793. The fourth-order valence-electron chi connectivity index (χ4n) is 0.709. The molecule has 58 valence electrons. The molecule has 0 saturated heterocycles. The Labute approximate surface area is 65.7 Å². The Kier molecular flexibility index (Phi) is 4.37. The Hall–Kier alpha value is -0.303. The summed E-state index contributed by atoms with van der Waals surface area (Å²) in [5.41, 5.74) is 0. The van der Waals surface area contributed by atoms with E-state index < -0.39 is 8.07 Å². The second kappa shape index (κ2) is 4.50. The third-order valence-electron chi connectivity index (χ3n) is 1.33. The van der Waals surface area contributed by atoms with E-state index in [4.69, 9.17) is 0 Å². The molecule has 1 heteroatoms. The van der Waals surface area contributed by atoms with E-state index in [1.807, 2.05) is 12.2 Å². The average molecular weight is 154 g/mol. The molecule has 0 spiro atoms. The largest absolute Gasteiger partial charge is 0.0991 e. The van der Waals surface area contributed by atoms with Crippen molar-refractivity contribution in [3.05, 3.63) is 24.8 Å². The summed E-state index contributed by atoms with van der Waals surface area (Å²) in [6.07, 6.45) is 7.29. The van der Waals surface area contributed by atoms with E-state index in [0.29, 0.717) is 0 Å². The van der Waals surface area contributed by atoms with Crippen LogP contribution < -0.4 is 0 Å². The molecule has 0 heterocycles. The van der Waals surface area contributed by atoms with Crippen LogP contribution in [0.25, 0.3) is 0 Å². The smallest absolute Gasteiger partial charge is 0.0445 e. The highest BCUT2D eigenvalue weighted by atomic mass is 28.3. The molecule has 0 bridgehead atoms. The maximum Gasteiger partial charge on any atom is 0.0445 e. The van der Waals surface area contributed by atoms with E-state index >= 15 is 0 Å². The maximum absolute atomic E-state index is 3.62. The minimum Gasteiger partial charge on any atom is -0.0991 e. The molecule has 0 amide bonds. The van der Waals surface area contributed by atoms with Crippen LogP contribution in [0.1, 0.15) is 6.42 Å². The van der Waals surface area contributed by atoms with Gasteiger partial charge in [-0.25, -0.2) is 0 Å². The van der Waals surface area contributed by atoms with Gasteiger partial charge >= 0.3 is 0 Å². The molecule has 0 atom stereocenters. The van der Waals surface area contributed by atoms with Crippen LogP contribution >= 0.6 is 0 Å². The van der Waals surface area contributed by atoms with E-state index in [9.17, 15) is 0 Å². The number of hydrogen-bond acceptors (Lipinski definition) is 0. The molecule has 0 aromatic rings. The van der Waals surface area contributed by atoms with E-state index in [1.54, 1.807) is 0 Å². The topological polar surface area (TPSA) is 0 Å². The molecule has 0 aliphatic rings. The second-order valence-corrected chi connectivity index (χ2v) is 9.38. The first-order valence-corrected chi connectivity index (χ1v) is 7.54. The monoisotopic (exact) mass is 154 g/mol. The summed E-state index contributed by atoms with van der Waals surface area (Å²) < 4.78 is 0. The first kappa shape index (κ1) is 9.70. The van der Waals surface area contributed by atoms with Crippen molar-refractivity contribution in [2.75, 3.05) is 0 Å². The fourth-order valence-corrected chi connectivity index (χ4v) is 1.74. The first-order valence-electron chi connectivity index (χ1n) is 3.84. The van der Waals surface area contributed by atoms with Gasteiger partial charge in [-0.3, -0.25) is 0 Å². The highest BCUT2D eigenvalue weighted by Crippen LogP contribution is 2.10. The average Bonchev–Trinajstić information content (AvgIpc) is 1.78. The van der Waals surface area contributed by atoms with E-state index in [-0.39, 0.29) is 0 Å². The quantitative estimate of drug-likeness (QED) is 0.430. The van der Waals surface area contributed by atoms with Crippen molar-refractivity contribution in [1.29, 1.82) is 0 Å². The minimum absolute atomic E-state index is 0.793. The van der Waals surface area contributed by atoms with Crippen molar-refractivity contribution in [2.24, 2.45) is 0 Å². The van der Waals surface area contributed by atoms with Crippen molar-refractivity contribution < 1.29 is 0 Å². The van der Waals surface area contributed by atoms with Gasteiger partial charge in [0.1, 0.15) is 0 Å². The van der Waals surface area contributed by atoms with E-state index in [0.717, 1.165) is 0 Å². The van der Waals surface area contributed by atoms with E-state index in [1.165, 1.54) is 12.5 Å². The summed E-state index contributed by atoms with van der Waals surface area (Å²) in [6.45, 7) is 10.8. The molecule has 0 aromatic heterocycles. The molecule has 0 rings (SSSR count). The van der Waals surface area contributed by atoms with Gasteiger partial charge in [0.2, 0.25) is 0 Å². The van der Waals surface area contributed by atoms with Gasteiger partial charge in [-0.1, -0.05) is 50.5 Å². The predicted molar refractivity (Wildman–Crippen MR) is 52.1 cm³/mol. The zero-order chi connectivity index (χ0) is 8.04. The Morgan fingerprint density at radius 3 is 2.30 bits per heavy atom. The molecule has 10 heavy (non-hydrogen) atoms. The second-order valence-electron chi connectivity index (χ2n) is 3.76. The third kappa shape index (κ3) is 7.70. The molecular weight excluding hydrogens is 136 g/mol. The Morgan fingerprint density at radius 1 is 1.30 bits per heavy atom. The number of rotatable bonds is 4. The van der Waals surface area contributed by atoms with Crippen LogP contribution in [0.15, 0.2) is 24.8 Å². The standard InChI is InChI=1S/C9H18Si/c1-5-6-7-8-9-10(2,3)4/h5-7H,1,8-9H2,2-4H3/b7-6+. The normalized spacial score (nSPS) is 12.3. The number of allylic oxidation sites excluding steroid dienone is 3. The molecular formula is C9H18Si. The number of hydrogen-bond donors (Lipinski definition) is 0. The third-order valence-corrected chi connectivity index (χ3v) is 3.12. The van der Waals surface area contributed by atoms with Crippen LogP contribution in [0.4, 0.5) is 0 Å². The Balaban J connectivity index is 3.37. The van der Waals surface area contributed by atoms with Gasteiger partial charge in [0.05, 0.1) is 0 Å². The van der Waals surface area contributed by atoms with Crippen LogP contribution in [0.3, 0.4) is 0 Å². The molecule has 0 fully saturated rings. The van der Waals surface area contributed by atoms with E-state index in [2.05, 4.69) is 32.3 Å². The van der Waals surface area contributed by atoms with Crippen molar-refractivity contribution in [3.63, 3.8) is 0 Å². The molecule has 0 nitrogen and oxygen atoms in total. The highest BCUT2D eigenvalue weighted by Gasteiger charge is 2.09. The zero-order valence-electron chi connectivity index (χ0n) is 7.35. The van der Waals surface area contributed by atoms with Gasteiger partial charge in [0.15, 0.2) is 0 Å². The maximum atomic E-state index is 3.62. The zero-order valence-corrected chi connectivity index (χ0v) is 8.35. The molecule has 0 aliphatic carbocycles. The van der Waals surface area contributed by atoms with Gasteiger partial charge in [-0.15, -0.1) is 0 Å². The Morgan fingerprint density at radius 2 is 1.90 bits per heavy atom. The fraction of sp³-hybridized carbons (Fsp3) is 0.556. The van der Waals surface area contributed by atoms with Gasteiger partial charge in [0.25, 0.3) is 0 Å². The molecule has 0 saturated carbocycles. The van der Waals surface area contributed by atoms with Crippen LogP contribution in [-0.2, 0) is 0 Å². The molecule has 0 aliphatic heterocycles. The molecule has 0 radical (unpaired) electrons. The van der Waals surface area contributed by atoms with Crippen molar-refractivity contribution in [3.8, 4) is 0 Å². The van der Waals surface area contributed by atoms with Crippen molar-refractivity contribution in [2.45, 2.75) is 32.1 Å². The summed E-state index contributed by atoms with van der Waals surface area (Å²) in [6, 6.07) is 1.39. The molecule has 0 unspecified atom stereocenters. The summed E-state index contributed by atoms with van der Waals surface area (Å²) in [4.78, 5) is 0.